The van der Waals surface area contributed by atoms with Crippen molar-refractivity contribution in [3.05, 3.63) is 41.7 Å². The van der Waals surface area contributed by atoms with Gasteiger partial charge in [-0.1, -0.05) is 11.3 Å². The highest BCUT2D eigenvalue weighted by atomic mass is 16.4. The molecule has 1 fully saturated rings. The van der Waals surface area contributed by atoms with E-state index in [0.29, 0.717) is 23.2 Å². The topological polar surface area (TPSA) is 148 Å². The minimum absolute atomic E-state index is 0.190. The van der Waals surface area contributed by atoms with Gasteiger partial charge in [-0.15, -0.1) is 5.10 Å². The molecule has 0 spiro atoms. The van der Waals surface area contributed by atoms with Crippen LogP contribution in [-0.4, -0.2) is 42.1 Å². The van der Waals surface area contributed by atoms with Crippen LogP contribution < -0.4 is 10.6 Å². The van der Waals surface area contributed by atoms with Gasteiger partial charge in [-0.3, -0.25) is 15.1 Å². The fourth-order valence-corrected chi connectivity index (χ4v) is 2.62. The molecule has 0 unspecified atom stereocenters. The molecule has 1 aliphatic rings. The van der Waals surface area contributed by atoms with Crippen LogP contribution in [-0.2, 0) is 13.6 Å². The lowest BCUT2D eigenvalue weighted by molar-refractivity contribution is 0.0921. The lowest BCUT2D eigenvalue weighted by atomic mass is 10.2. The van der Waals surface area contributed by atoms with Gasteiger partial charge in [0.05, 0.1) is 11.9 Å². The second-order valence-corrected chi connectivity index (χ2v) is 6.41. The summed E-state index contributed by atoms with van der Waals surface area (Å²) in [7, 11) is 1.57. The van der Waals surface area contributed by atoms with E-state index in [1.807, 2.05) is 0 Å². The Morgan fingerprint density at radius 1 is 1.29 bits per heavy atom. The van der Waals surface area contributed by atoms with Crippen LogP contribution in [0.1, 0.15) is 40.8 Å². The largest absolute Gasteiger partial charge is 0.465 e. The molecular weight excluding hydrogens is 366 g/mol. The number of hydrogen-bond donors (Lipinski definition) is 3. The molecule has 11 nitrogen and oxygen atoms in total. The molecule has 3 heterocycles. The third-order valence-electron chi connectivity index (χ3n) is 4.25. The van der Waals surface area contributed by atoms with E-state index >= 15 is 0 Å². The Morgan fingerprint density at radius 3 is 2.79 bits per heavy atom. The van der Waals surface area contributed by atoms with Crippen molar-refractivity contribution >= 4 is 17.8 Å². The molecular formula is C17H17N7O4. The zero-order valence-electron chi connectivity index (χ0n) is 14.9. The molecule has 0 bridgehead atoms. The van der Waals surface area contributed by atoms with Gasteiger partial charge in [0.2, 0.25) is 5.76 Å². The fraction of sp³-hybridized carbons (Fsp3) is 0.294. The lowest BCUT2D eigenvalue weighted by Gasteiger charge is -2.05. The van der Waals surface area contributed by atoms with E-state index in [9.17, 15) is 9.59 Å². The Labute approximate surface area is 158 Å². The van der Waals surface area contributed by atoms with E-state index in [4.69, 9.17) is 9.52 Å². The van der Waals surface area contributed by atoms with Gasteiger partial charge >= 0.3 is 6.09 Å². The number of aromatic nitrogens is 5. The highest BCUT2D eigenvalue weighted by Crippen LogP contribution is 2.39. The summed E-state index contributed by atoms with van der Waals surface area (Å²) < 4.78 is 6.78. The minimum atomic E-state index is -1.22. The molecule has 144 valence electrons. The van der Waals surface area contributed by atoms with Gasteiger partial charge in [0.1, 0.15) is 0 Å². The van der Waals surface area contributed by atoms with Gasteiger partial charge in [-0.05, 0) is 24.5 Å². The van der Waals surface area contributed by atoms with Gasteiger partial charge in [0, 0.05) is 25.7 Å². The smallest absolute Gasteiger partial charge is 0.410 e. The average molecular weight is 383 g/mol. The molecule has 0 aliphatic heterocycles. The van der Waals surface area contributed by atoms with Gasteiger partial charge in [-0.2, -0.15) is 0 Å². The van der Waals surface area contributed by atoms with Crippen LogP contribution in [0.3, 0.4) is 0 Å². The summed E-state index contributed by atoms with van der Waals surface area (Å²) in [5, 5.41) is 21.7. The van der Waals surface area contributed by atoms with Crippen LogP contribution in [0.15, 0.2) is 28.9 Å². The normalized spacial score (nSPS) is 13.3. The van der Waals surface area contributed by atoms with E-state index < -0.39 is 6.09 Å². The standard InChI is InChI=1S/C17H17N7O4/c1-24-14(21-17(26)27)13(22-23-24)11-5-2-9(6-18-11)7-19-15(25)12-8-20-16(28-12)10-3-4-10/h2,5-6,8,10,21H,3-4,7H2,1H3,(H,19,25)(H,26,27). The summed E-state index contributed by atoms with van der Waals surface area (Å²) in [5.41, 5.74) is 1.53. The van der Waals surface area contributed by atoms with Crippen LogP contribution in [0, 0.1) is 0 Å². The van der Waals surface area contributed by atoms with Gasteiger partial charge < -0.3 is 14.8 Å². The number of rotatable bonds is 6. The van der Waals surface area contributed by atoms with Crippen molar-refractivity contribution in [3.8, 4) is 11.4 Å². The number of pyridine rings is 1. The number of carbonyl (C=O) groups is 2. The number of aryl methyl sites for hydroxylation is 1. The maximum Gasteiger partial charge on any atom is 0.410 e. The number of oxazole rings is 1. The molecule has 1 aliphatic carbocycles. The number of nitrogens with one attached hydrogen (secondary N) is 2. The molecule has 0 atom stereocenters. The predicted octanol–water partition coefficient (Wildman–Crippen LogP) is 1.76. The summed E-state index contributed by atoms with van der Waals surface area (Å²) in [6, 6.07) is 3.44. The molecule has 11 heteroatoms. The Balaban J connectivity index is 1.40. The monoisotopic (exact) mass is 383 g/mol. The molecule has 3 N–H and O–H groups in total. The molecule has 0 radical (unpaired) electrons. The van der Waals surface area contributed by atoms with Crippen LogP contribution >= 0.6 is 0 Å². The fourth-order valence-electron chi connectivity index (χ4n) is 2.62. The highest BCUT2D eigenvalue weighted by Gasteiger charge is 2.29. The van der Waals surface area contributed by atoms with E-state index in [1.165, 1.54) is 10.9 Å². The average Bonchev–Trinajstić information content (AvgIpc) is 3.31. The molecule has 2 amide bonds. The summed E-state index contributed by atoms with van der Waals surface area (Å²) >= 11 is 0. The number of hydrogen-bond acceptors (Lipinski definition) is 7. The quantitative estimate of drug-likeness (QED) is 0.583. The molecule has 3 aromatic heterocycles. The number of carboxylic acid groups (broad SMARTS) is 1. The zero-order chi connectivity index (χ0) is 19.7. The van der Waals surface area contributed by atoms with Gasteiger partial charge in [-0.25, -0.2) is 14.5 Å². The molecule has 0 aromatic carbocycles. The summed E-state index contributed by atoms with van der Waals surface area (Å²) in [6.45, 7) is 0.256. The Hall–Kier alpha value is -3.76. The molecule has 4 rings (SSSR count). The second kappa shape index (κ2) is 7.10. The maximum atomic E-state index is 12.2. The highest BCUT2D eigenvalue weighted by molar-refractivity contribution is 5.91. The van der Waals surface area contributed by atoms with Crippen molar-refractivity contribution in [2.45, 2.75) is 25.3 Å². The number of anilines is 1. The van der Waals surface area contributed by atoms with E-state index in [-0.39, 0.29) is 24.0 Å². The summed E-state index contributed by atoms with van der Waals surface area (Å²) in [4.78, 5) is 31.5. The first kappa shape index (κ1) is 17.6. The molecule has 1 saturated carbocycles. The summed E-state index contributed by atoms with van der Waals surface area (Å²) in [5.74, 6) is 1.03. The first-order valence-electron chi connectivity index (χ1n) is 8.60. The van der Waals surface area contributed by atoms with Crippen LogP contribution in [0.25, 0.3) is 11.4 Å². The predicted molar refractivity (Wildman–Crippen MR) is 95.5 cm³/mol. The van der Waals surface area contributed by atoms with Gasteiger partial charge in [0.15, 0.2) is 17.4 Å². The van der Waals surface area contributed by atoms with Crippen molar-refractivity contribution in [2.24, 2.45) is 7.05 Å². The van der Waals surface area contributed by atoms with E-state index in [2.05, 4.69) is 30.9 Å². The maximum absolute atomic E-state index is 12.2. The Bertz CT molecular complexity index is 1020. The van der Waals surface area contributed by atoms with Crippen LogP contribution in [0.4, 0.5) is 10.6 Å². The number of carbonyl (C=O) groups excluding carboxylic acids is 1. The molecule has 28 heavy (non-hydrogen) atoms. The van der Waals surface area contributed by atoms with Crippen molar-refractivity contribution in [1.82, 2.24) is 30.3 Å². The van der Waals surface area contributed by atoms with Crippen molar-refractivity contribution in [3.63, 3.8) is 0 Å². The van der Waals surface area contributed by atoms with Gasteiger partial charge in [0.25, 0.3) is 5.91 Å². The minimum Gasteiger partial charge on any atom is -0.465 e. The second-order valence-electron chi connectivity index (χ2n) is 6.41. The van der Waals surface area contributed by atoms with Crippen molar-refractivity contribution in [2.75, 3.05) is 5.32 Å². The third-order valence-corrected chi connectivity index (χ3v) is 4.25. The van der Waals surface area contributed by atoms with Crippen molar-refractivity contribution < 1.29 is 19.1 Å². The number of nitrogens with zero attached hydrogens (tertiary/aromatic N) is 5. The Morgan fingerprint density at radius 2 is 2.11 bits per heavy atom. The van der Waals surface area contributed by atoms with Crippen LogP contribution in [0.2, 0.25) is 0 Å². The zero-order valence-corrected chi connectivity index (χ0v) is 14.9. The summed E-state index contributed by atoms with van der Waals surface area (Å²) in [6.07, 6.45) is 3.90. The SMILES string of the molecule is Cn1nnc(-c2ccc(CNC(=O)c3cnc(C4CC4)o3)cn2)c1NC(=O)O. The first-order valence-corrected chi connectivity index (χ1v) is 8.60. The molecule has 3 aromatic rings. The molecule has 0 saturated heterocycles. The third kappa shape index (κ3) is 3.68. The lowest BCUT2D eigenvalue weighted by Crippen LogP contribution is -2.22. The van der Waals surface area contributed by atoms with Crippen LogP contribution in [0.5, 0.6) is 0 Å². The first-order chi connectivity index (χ1) is 13.5. The van der Waals surface area contributed by atoms with Crippen molar-refractivity contribution in [1.29, 1.82) is 0 Å². The van der Waals surface area contributed by atoms with E-state index in [0.717, 1.165) is 18.4 Å². The number of amides is 2. The van der Waals surface area contributed by atoms with E-state index in [1.54, 1.807) is 25.4 Å². The Kier molecular flexibility index (Phi) is 4.47.